The molecule has 1 aromatic carbocycles. The number of hydrogen-bond donors (Lipinski definition) is 1. The molecule has 0 aromatic heterocycles. The molecule has 2 heteroatoms. The summed E-state index contributed by atoms with van der Waals surface area (Å²) >= 11 is 0. The third-order valence-electron chi connectivity index (χ3n) is 4.84. The van der Waals surface area contributed by atoms with Gasteiger partial charge in [-0.1, -0.05) is 24.6 Å². The fraction of sp³-hybridized carbons (Fsp3) is 0.684. The first-order chi connectivity index (χ1) is 10.0. The van der Waals surface area contributed by atoms with E-state index in [1.165, 1.54) is 61.3 Å². The summed E-state index contributed by atoms with van der Waals surface area (Å²) < 4.78 is 0. The van der Waals surface area contributed by atoms with Crippen molar-refractivity contribution in [2.24, 2.45) is 5.92 Å². The van der Waals surface area contributed by atoms with Crippen molar-refractivity contribution in [2.45, 2.75) is 59.9 Å². The molecule has 0 bridgehead atoms. The number of hydrogen-bond acceptors (Lipinski definition) is 2. The van der Waals surface area contributed by atoms with Gasteiger partial charge in [0.25, 0.3) is 0 Å². The van der Waals surface area contributed by atoms with Crippen molar-refractivity contribution in [3.05, 3.63) is 28.8 Å². The predicted molar refractivity (Wildman–Crippen MR) is 93.2 cm³/mol. The third-order valence-corrected chi connectivity index (χ3v) is 4.84. The molecule has 2 rings (SSSR count). The zero-order valence-corrected chi connectivity index (χ0v) is 14.5. The van der Waals surface area contributed by atoms with Gasteiger partial charge in [-0.2, -0.15) is 0 Å². The van der Waals surface area contributed by atoms with Crippen LogP contribution >= 0.6 is 0 Å². The second-order valence-corrected chi connectivity index (χ2v) is 6.91. The average molecular weight is 288 g/mol. The highest BCUT2D eigenvalue weighted by molar-refractivity contribution is 5.58. The van der Waals surface area contributed by atoms with E-state index in [1.807, 2.05) is 0 Å². The Morgan fingerprint density at radius 2 is 1.90 bits per heavy atom. The highest BCUT2D eigenvalue weighted by Gasteiger charge is 2.24. The average Bonchev–Trinajstić information content (AvgIpc) is 2.43. The van der Waals surface area contributed by atoms with E-state index in [2.05, 4.69) is 57.0 Å². The van der Waals surface area contributed by atoms with Gasteiger partial charge >= 0.3 is 0 Å². The molecular formula is C19H32N2. The molecule has 0 aliphatic carbocycles. The van der Waals surface area contributed by atoms with E-state index in [-0.39, 0.29) is 0 Å². The quantitative estimate of drug-likeness (QED) is 0.856. The third kappa shape index (κ3) is 4.23. The summed E-state index contributed by atoms with van der Waals surface area (Å²) in [4.78, 5) is 2.64. The Hall–Kier alpha value is -1.02. The summed E-state index contributed by atoms with van der Waals surface area (Å²) in [7, 11) is 0. The lowest BCUT2D eigenvalue weighted by atomic mass is 9.90. The maximum Gasteiger partial charge on any atom is 0.0401 e. The van der Waals surface area contributed by atoms with Crippen molar-refractivity contribution in [1.82, 2.24) is 4.90 Å². The van der Waals surface area contributed by atoms with Crippen LogP contribution in [0.15, 0.2) is 12.1 Å². The smallest absolute Gasteiger partial charge is 0.0401 e. The first-order valence-electron chi connectivity index (χ1n) is 8.58. The first-order valence-corrected chi connectivity index (χ1v) is 8.58. The molecule has 1 aromatic rings. The molecule has 1 aliphatic rings. The van der Waals surface area contributed by atoms with Crippen LogP contribution in [-0.4, -0.2) is 30.6 Å². The maximum atomic E-state index is 3.81. The summed E-state index contributed by atoms with van der Waals surface area (Å²) in [6.07, 6.45) is 3.98. The van der Waals surface area contributed by atoms with Gasteiger partial charge in [0.05, 0.1) is 0 Å². The second kappa shape index (κ2) is 7.31. The van der Waals surface area contributed by atoms with Crippen molar-refractivity contribution in [3.63, 3.8) is 0 Å². The first kappa shape index (κ1) is 16.4. The summed E-state index contributed by atoms with van der Waals surface area (Å²) in [5.74, 6) is 0.769. The van der Waals surface area contributed by atoms with Crippen LogP contribution in [0.3, 0.4) is 0 Å². The summed E-state index contributed by atoms with van der Waals surface area (Å²) in [6.45, 7) is 15.1. The highest BCUT2D eigenvalue weighted by atomic mass is 15.1. The number of aryl methyl sites for hydroxylation is 3. The van der Waals surface area contributed by atoms with Crippen LogP contribution in [0, 0.1) is 26.7 Å². The molecule has 21 heavy (non-hydrogen) atoms. The van der Waals surface area contributed by atoms with E-state index < -0.39 is 0 Å². The van der Waals surface area contributed by atoms with E-state index in [0.29, 0.717) is 6.04 Å². The topological polar surface area (TPSA) is 15.3 Å². The fourth-order valence-electron chi connectivity index (χ4n) is 3.77. The Labute approximate surface area is 130 Å². The number of rotatable bonds is 5. The Kier molecular flexibility index (Phi) is 5.69. The number of likely N-dealkylation sites (tertiary alicyclic amines) is 1. The van der Waals surface area contributed by atoms with Crippen LogP contribution in [-0.2, 0) is 0 Å². The Morgan fingerprint density at radius 1 is 1.24 bits per heavy atom. The lowest BCUT2D eigenvalue weighted by Crippen LogP contribution is -2.42. The lowest BCUT2D eigenvalue weighted by Gasteiger charge is -2.36. The van der Waals surface area contributed by atoms with Crippen molar-refractivity contribution in [1.29, 1.82) is 0 Å². The van der Waals surface area contributed by atoms with Gasteiger partial charge in [-0.3, -0.25) is 0 Å². The molecule has 2 nitrogen and oxygen atoms in total. The molecule has 1 heterocycles. The molecule has 2 unspecified atom stereocenters. The zero-order chi connectivity index (χ0) is 15.4. The molecular weight excluding hydrogens is 256 g/mol. The second-order valence-electron chi connectivity index (χ2n) is 6.91. The van der Waals surface area contributed by atoms with Crippen molar-refractivity contribution in [2.75, 3.05) is 25.0 Å². The van der Waals surface area contributed by atoms with Crippen molar-refractivity contribution in [3.8, 4) is 0 Å². The predicted octanol–water partition coefficient (Wildman–Crippen LogP) is 4.53. The van der Waals surface area contributed by atoms with Gasteiger partial charge in [-0.25, -0.2) is 0 Å². The molecule has 1 aliphatic heterocycles. The zero-order valence-electron chi connectivity index (χ0n) is 14.5. The van der Waals surface area contributed by atoms with E-state index in [1.54, 1.807) is 0 Å². The van der Waals surface area contributed by atoms with E-state index in [0.717, 1.165) is 5.92 Å². The molecule has 0 amide bonds. The summed E-state index contributed by atoms with van der Waals surface area (Å²) in [6, 6.07) is 5.11. The molecule has 0 spiro atoms. The number of nitrogens with zero attached hydrogens (tertiary/aromatic N) is 1. The van der Waals surface area contributed by atoms with Crippen LogP contribution in [0.2, 0.25) is 0 Å². The lowest BCUT2D eigenvalue weighted by molar-refractivity contribution is 0.165. The standard InChI is InChI=1S/C19H32N2/c1-6-9-21-10-7-8-18(13-21)17(5)20-19-15(3)11-14(2)12-16(19)4/h11-12,17-18,20H,6-10,13H2,1-5H3. The van der Waals surface area contributed by atoms with Gasteiger partial charge in [-0.05, 0) is 77.1 Å². The fourth-order valence-corrected chi connectivity index (χ4v) is 3.77. The molecule has 2 atom stereocenters. The van der Waals surface area contributed by atoms with Gasteiger partial charge < -0.3 is 10.2 Å². The summed E-state index contributed by atoms with van der Waals surface area (Å²) in [5, 5.41) is 3.81. The highest BCUT2D eigenvalue weighted by Crippen LogP contribution is 2.27. The number of anilines is 1. The molecule has 1 N–H and O–H groups in total. The SMILES string of the molecule is CCCN1CCCC(C(C)Nc2c(C)cc(C)cc2C)C1. The molecule has 118 valence electrons. The normalized spacial score (nSPS) is 21.3. The van der Waals surface area contributed by atoms with Crippen molar-refractivity contribution >= 4 is 5.69 Å². The van der Waals surface area contributed by atoms with E-state index in [9.17, 15) is 0 Å². The van der Waals surface area contributed by atoms with Gasteiger partial charge in [0.1, 0.15) is 0 Å². The van der Waals surface area contributed by atoms with Crippen molar-refractivity contribution < 1.29 is 0 Å². The molecule has 1 fully saturated rings. The van der Waals surface area contributed by atoms with Crippen LogP contribution in [0.1, 0.15) is 49.8 Å². The Bertz CT molecular complexity index is 442. The van der Waals surface area contributed by atoms with Gasteiger partial charge in [0.15, 0.2) is 0 Å². The van der Waals surface area contributed by atoms with Crippen LogP contribution in [0.5, 0.6) is 0 Å². The largest absolute Gasteiger partial charge is 0.382 e. The molecule has 0 saturated carbocycles. The monoisotopic (exact) mass is 288 g/mol. The molecule has 1 saturated heterocycles. The van der Waals surface area contributed by atoms with Gasteiger partial charge in [-0.15, -0.1) is 0 Å². The van der Waals surface area contributed by atoms with Gasteiger partial charge in [0, 0.05) is 18.3 Å². The Balaban J connectivity index is 2.02. The number of nitrogens with one attached hydrogen (secondary N) is 1. The van der Waals surface area contributed by atoms with Crippen LogP contribution in [0.25, 0.3) is 0 Å². The minimum Gasteiger partial charge on any atom is -0.382 e. The van der Waals surface area contributed by atoms with Crippen LogP contribution in [0.4, 0.5) is 5.69 Å². The molecule has 0 radical (unpaired) electrons. The maximum absolute atomic E-state index is 3.81. The van der Waals surface area contributed by atoms with E-state index in [4.69, 9.17) is 0 Å². The van der Waals surface area contributed by atoms with E-state index >= 15 is 0 Å². The Morgan fingerprint density at radius 3 is 2.52 bits per heavy atom. The van der Waals surface area contributed by atoms with Crippen LogP contribution < -0.4 is 5.32 Å². The minimum atomic E-state index is 0.546. The number of piperidine rings is 1. The summed E-state index contributed by atoms with van der Waals surface area (Å²) in [5.41, 5.74) is 5.46. The van der Waals surface area contributed by atoms with Gasteiger partial charge in [0.2, 0.25) is 0 Å². The minimum absolute atomic E-state index is 0.546. The number of benzene rings is 1.